The summed E-state index contributed by atoms with van der Waals surface area (Å²) in [4.78, 5) is 38.5. The molecule has 0 aromatic heterocycles. The highest BCUT2D eigenvalue weighted by molar-refractivity contribution is 5.71. The van der Waals surface area contributed by atoms with Gasteiger partial charge in [-0.2, -0.15) is 0 Å². The summed E-state index contributed by atoms with van der Waals surface area (Å²) in [5.41, 5.74) is 0. The van der Waals surface area contributed by atoms with Crippen LogP contribution in [-0.2, 0) is 28.6 Å². The van der Waals surface area contributed by atoms with Gasteiger partial charge in [0.15, 0.2) is 6.10 Å². The summed E-state index contributed by atoms with van der Waals surface area (Å²) in [5, 5.41) is 0. The molecule has 0 rings (SSSR count). The summed E-state index contributed by atoms with van der Waals surface area (Å²) in [7, 11) is 0. The first kappa shape index (κ1) is 78.1. The molecule has 0 aliphatic heterocycles. The topological polar surface area (TPSA) is 78.9 Å². The molecule has 81 heavy (non-hydrogen) atoms. The van der Waals surface area contributed by atoms with Gasteiger partial charge < -0.3 is 14.2 Å². The van der Waals surface area contributed by atoms with Crippen molar-refractivity contribution in [1.29, 1.82) is 0 Å². The lowest BCUT2D eigenvalue weighted by Gasteiger charge is -2.18. The van der Waals surface area contributed by atoms with Crippen LogP contribution in [0.1, 0.15) is 380 Å². The molecule has 1 atom stereocenters. The van der Waals surface area contributed by atoms with Gasteiger partial charge in [-0.15, -0.1) is 0 Å². The molecule has 0 aliphatic carbocycles. The molecule has 0 aromatic rings. The summed E-state index contributed by atoms with van der Waals surface area (Å²) in [6.07, 6.45) is 89.6. The highest BCUT2D eigenvalue weighted by Crippen LogP contribution is 2.19. The van der Waals surface area contributed by atoms with Crippen molar-refractivity contribution in [3.63, 3.8) is 0 Å². The number of unbranched alkanes of at least 4 members (excludes halogenated alkanes) is 45. The van der Waals surface area contributed by atoms with E-state index >= 15 is 0 Å². The van der Waals surface area contributed by atoms with E-state index in [0.717, 1.165) is 96.3 Å². The fourth-order valence-electron chi connectivity index (χ4n) is 10.7. The van der Waals surface area contributed by atoms with Crippen molar-refractivity contribution in [3.05, 3.63) is 60.8 Å². The molecule has 0 radical (unpaired) electrons. The summed E-state index contributed by atoms with van der Waals surface area (Å²) in [6, 6.07) is 0. The van der Waals surface area contributed by atoms with Crippen molar-refractivity contribution in [2.24, 2.45) is 0 Å². The third-order valence-electron chi connectivity index (χ3n) is 16.0. The number of rotatable bonds is 66. The minimum absolute atomic E-state index is 0.0735. The minimum Gasteiger partial charge on any atom is -0.462 e. The van der Waals surface area contributed by atoms with Crippen LogP contribution in [0.2, 0.25) is 0 Å². The second kappa shape index (κ2) is 69.6. The fourth-order valence-corrected chi connectivity index (χ4v) is 10.7. The zero-order chi connectivity index (χ0) is 58.5. The predicted octanol–water partition coefficient (Wildman–Crippen LogP) is 24.7. The van der Waals surface area contributed by atoms with E-state index in [0.29, 0.717) is 19.3 Å². The lowest BCUT2D eigenvalue weighted by atomic mass is 10.0. The second-order valence-electron chi connectivity index (χ2n) is 24.1. The van der Waals surface area contributed by atoms with Gasteiger partial charge in [0, 0.05) is 19.3 Å². The predicted molar refractivity (Wildman–Crippen MR) is 353 cm³/mol. The molecule has 0 fully saturated rings. The van der Waals surface area contributed by atoms with Gasteiger partial charge in [0.2, 0.25) is 0 Å². The maximum atomic E-state index is 13.0. The van der Waals surface area contributed by atoms with Crippen LogP contribution in [0, 0.1) is 0 Å². The van der Waals surface area contributed by atoms with Crippen LogP contribution in [-0.4, -0.2) is 37.2 Å². The number of esters is 3. The Labute approximate surface area is 504 Å². The van der Waals surface area contributed by atoms with Crippen LogP contribution < -0.4 is 0 Å². The van der Waals surface area contributed by atoms with Crippen LogP contribution in [0.3, 0.4) is 0 Å². The molecule has 0 aromatic carbocycles. The van der Waals surface area contributed by atoms with Gasteiger partial charge >= 0.3 is 17.9 Å². The lowest BCUT2D eigenvalue weighted by molar-refractivity contribution is -0.167. The first-order chi connectivity index (χ1) is 40.0. The van der Waals surface area contributed by atoms with Gasteiger partial charge in [0.25, 0.3) is 0 Å². The van der Waals surface area contributed by atoms with E-state index in [2.05, 4.69) is 81.5 Å². The Morgan fingerprint density at radius 1 is 0.259 bits per heavy atom. The van der Waals surface area contributed by atoms with Crippen molar-refractivity contribution in [1.82, 2.24) is 0 Å². The molecule has 0 spiro atoms. The van der Waals surface area contributed by atoms with Gasteiger partial charge in [-0.05, 0) is 64.2 Å². The normalized spacial score (nSPS) is 12.4. The summed E-state index contributed by atoms with van der Waals surface area (Å²) < 4.78 is 17.0. The van der Waals surface area contributed by atoms with E-state index in [4.69, 9.17) is 14.2 Å². The molecule has 472 valence electrons. The van der Waals surface area contributed by atoms with Crippen molar-refractivity contribution < 1.29 is 28.6 Å². The number of ether oxygens (including phenoxy) is 3. The van der Waals surface area contributed by atoms with Crippen LogP contribution in [0.25, 0.3) is 0 Å². The van der Waals surface area contributed by atoms with E-state index in [9.17, 15) is 14.4 Å². The van der Waals surface area contributed by atoms with Crippen molar-refractivity contribution in [2.45, 2.75) is 386 Å². The number of carbonyl (C=O) groups excluding carboxylic acids is 3. The number of hydrogen-bond acceptors (Lipinski definition) is 6. The van der Waals surface area contributed by atoms with Crippen molar-refractivity contribution >= 4 is 17.9 Å². The molecule has 0 saturated heterocycles. The molecule has 6 nitrogen and oxygen atoms in total. The molecular formula is C75H136O6. The van der Waals surface area contributed by atoms with Gasteiger partial charge in [-0.25, -0.2) is 0 Å². The van der Waals surface area contributed by atoms with Crippen LogP contribution >= 0.6 is 0 Å². The van der Waals surface area contributed by atoms with E-state index in [1.165, 1.54) is 244 Å². The maximum Gasteiger partial charge on any atom is 0.306 e. The zero-order valence-corrected chi connectivity index (χ0v) is 54.3. The number of allylic oxidation sites excluding steroid dienone is 10. The van der Waals surface area contributed by atoms with E-state index in [-0.39, 0.29) is 31.1 Å². The van der Waals surface area contributed by atoms with Crippen molar-refractivity contribution in [2.75, 3.05) is 13.2 Å². The number of hydrogen-bond donors (Lipinski definition) is 0. The second-order valence-corrected chi connectivity index (χ2v) is 24.1. The van der Waals surface area contributed by atoms with Crippen LogP contribution in [0.4, 0.5) is 0 Å². The van der Waals surface area contributed by atoms with Crippen LogP contribution in [0.15, 0.2) is 60.8 Å². The standard InChI is InChI=1S/C75H136O6/c1-4-7-10-13-16-19-22-25-28-30-32-34-36-37-39-40-42-44-47-50-53-56-59-62-65-68-74(77)80-71-72(70-79-73(76)67-64-61-58-55-52-49-46-27-24-21-18-15-12-9-6-3)81-75(78)69-66-63-60-57-54-51-48-45-43-41-38-35-33-31-29-26-23-20-17-14-11-8-5-2/h8,11,17,20,26,29,33,35,41,43,72H,4-7,9-10,12-16,18-19,21-25,27-28,30-32,34,36-40,42,44-71H2,1-3H3/b11-8-,20-17-,29-26-,35-33-,43-41-. The van der Waals surface area contributed by atoms with Crippen LogP contribution in [0.5, 0.6) is 0 Å². The largest absolute Gasteiger partial charge is 0.462 e. The minimum atomic E-state index is -0.779. The molecular weight excluding hydrogens is 997 g/mol. The highest BCUT2D eigenvalue weighted by Gasteiger charge is 2.19. The lowest BCUT2D eigenvalue weighted by Crippen LogP contribution is -2.30. The van der Waals surface area contributed by atoms with Gasteiger partial charge in [0.1, 0.15) is 13.2 Å². The Morgan fingerprint density at radius 2 is 0.481 bits per heavy atom. The Hall–Kier alpha value is -2.89. The number of carbonyl (C=O) groups is 3. The Morgan fingerprint density at radius 3 is 0.753 bits per heavy atom. The fraction of sp³-hybridized carbons (Fsp3) is 0.827. The summed E-state index contributed by atoms with van der Waals surface area (Å²) >= 11 is 0. The molecule has 0 aliphatic rings. The third kappa shape index (κ3) is 67.8. The smallest absolute Gasteiger partial charge is 0.306 e. The van der Waals surface area contributed by atoms with Crippen molar-refractivity contribution in [3.8, 4) is 0 Å². The Kier molecular flexibility index (Phi) is 67.1. The average Bonchev–Trinajstić information content (AvgIpc) is 3.47. The quantitative estimate of drug-likeness (QED) is 0.0261. The Balaban J connectivity index is 4.30. The SMILES string of the molecule is CC/C=C\C/C=C\C/C=C\C/C=C\C/C=C\CCCCCCCCCC(=O)OC(COC(=O)CCCCCCCCCCCCCCCCC)COC(=O)CCCCCCCCCCCCCCCCCCCCCCCCCCC. The molecule has 0 heterocycles. The molecule has 0 saturated carbocycles. The average molecular weight is 1130 g/mol. The van der Waals surface area contributed by atoms with E-state index < -0.39 is 6.10 Å². The molecule has 0 amide bonds. The van der Waals surface area contributed by atoms with Gasteiger partial charge in [-0.1, -0.05) is 358 Å². The molecule has 1 unspecified atom stereocenters. The van der Waals surface area contributed by atoms with E-state index in [1.54, 1.807) is 0 Å². The first-order valence-electron chi connectivity index (χ1n) is 35.8. The molecule has 0 bridgehead atoms. The van der Waals surface area contributed by atoms with E-state index in [1.807, 2.05) is 0 Å². The van der Waals surface area contributed by atoms with Gasteiger partial charge in [0.05, 0.1) is 0 Å². The monoisotopic (exact) mass is 1130 g/mol. The maximum absolute atomic E-state index is 13.0. The zero-order valence-electron chi connectivity index (χ0n) is 54.3. The molecule has 0 N–H and O–H groups in total. The van der Waals surface area contributed by atoms with Gasteiger partial charge in [-0.3, -0.25) is 14.4 Å². The summed E-state index contributed by atoms with van der Waals surface area (Å²) in [6.45, 7) is 6.59. The summed E-state index contributed by atoms with van der Waals surface area (Å²) in [5.74, 6) is -0.857. The molecule has 6 heteroatoms. The Bertz CT molecular complexity index is 1440. The third-order valence-corrected chi connectivity index (χ3v) is 16.0. The first-order valence-corrected chi connectivity index (χ1v) is 35.8. The highest BCUT2D eigenvalue weighted by atomic mass is 16.6.